The first-order chi connectivity index (χ1) is 18.6. The van der Waals surface area contributed by atoms with Crippen LogP contribution < -0.4 is 21.5 Å². The molecule has 3 rings (SSSR count). The van der Waals surface area contributed by atoms with E-state index in [0.717, 1.165) is 5.56 Å². The van der Waals surface area contributed by atoms with Crippen LogP contribution in [0.2, 0.25) is 0 Å². The minimum atomic E-state index is -0.972. The van der Waals surface area contributed by atoms with Crippen molar-refractivity contribution >= 4 is 35.8 Å². The van der Waals surface area contributed by atoms with Crippen LogP contribution in [-0.2, 0) is 30.3 Å². The Morgan fingerprint density at radius 1 is 1.05 bits per heavy atom. The van der Waals surface area contributed by atoms with E-state index < -0.39 is 41.5 Å². The van der Waals surface area contributed by atoms with Crippen LogP contribution >= 0.6 is 0 Å². The molecule has 0 aliphatic carbocycles. The van der Waals surface area contributed by atoms with E-state index in [1.54, 1.807) is 51.3 Å². The van der Waals surface area contributed by atoms with E-state index in [0.29, 0.717) is 30.6 Å². The van der Waals surface area contributed by atoms with Gasteiger partial charge in [-0.25, -0.2) is 4.79 Å². The van der Waals surface area contributed by atoms with Gasteiger partial charge in [-0.05, 0) is 63.4 Å². The summed E-state index contributed by atoms with van der Waals surface area (Å²) in [6.07, 6.45) is 2.34. The number of ether oxygens (including phenoxy) is 1. The maximum atomic E-state index is 13.0. The molecule has 0 saturated carbocycles. The predicted octanol–water partition coefficient (Wildman–Crippen LogP) is 1.83. The molecule has 207 valence electrons. The molecule has 2 aromatic carbocycles. The Kier molecular flexibility index (Phi) is 10.0. The normalized spacial score (nSPS) is 15.6. The highest BCUT2D eigenvalue weighted by Gasteiger charge is 2.34. The van der Waals surface area contributed by atoms with Crippen molar-refractivity contribution in [3.8, 4) is 0 Å². The van der Waals surface area contributed by atoms with Crippen LogP contribution in [0.5, 0.6) is 0 Å². The molecule has 4 amide bonds. The summed E-state index contributed by atoms with van der Waals surface area (Å²) >= 11 is 0. The Morgan fingerprint density at radius 3 is 2.38 bits per heavy atom. The Labute approximate surface area is 227 Å². The molecular formula is C28H34N5O6. The Balaban J connectivity index is 1.56. The lowest BCUT2D eigenvalue weighted by atomic mass is 10.1. The number of hydrogen-bond donors (Lipinski definition) is 4. The lowest BCUT2D eigenvalue weighted by Crippen LogP contribution is -2.53. The van der Waals surface area contributed by atoms with Gasteiger partial charge in [0.05, 0.1) is 12.2 Å². The van der Waals surface area contributed by atoms with Crippen molar-refractivity contribution in [2.45, 2.75) is 57.7 Å². The van der Waals surface area contributed by atoms with Crippen molar-refractivity contribution in [1.29, 1.82) is 0 Å². The largest absolute Gasteiger partial charge is 0.444 e. The summed E-state index contributed by atoms with van der Waals surface area (Å²) < 4.78 is 5.30. The second-order valence-electron chi connectivity index (χ2n) is 10.1. The number of likely N-dealkylation sites (tertiary alicyclic amines) is 1. The van der Waals surface area contributed by atoms with Gasteiger partial charge < -0.3 is 20.3 Å². The number of alkyl carbamates (subject to hydrolysis) is 1. The van der Waals surface area contributed by atoms with Gasteiger partial charge in [0.2, 0.25) is 18.1 Å². The van der Waals surface area contributed by atoms with Crippen molar-refractivity contribution in [2.24, 2.45) is 0 Å². The standard InChI is InChI=1S/C28H34N5O6/c1-28(2,3)39-27(38)30-22(16-19-8-5-4-6-9-19)25(36)29-17-24(35)33-15-7-10-23(33)26(37)32-31-21-13-11-20(18-34)12-14-21/h4-6,8-9,11-14,22-23,31H,7,10,15-17H2,1-3H3,(H,29,36)(H,30,38)(H,32,37)/t22-,23-/m0/s1. The minimum absolute atomic E-state index is 0.201. The number of hydrogen-bond acceptors (Lipinski definition) is 7. The van der Waals surface area contributed by atoms with Gasteiger partial charge in [0.25, 0.3) is 5.91 Å². The molecule has 1 radical (unpaired) electrons. The topological polar surface area (TPSA) is 146 Å². The molecular weight excluding hydrogens is 502 g/mol. The first-order valence-electron chi connectivity index (χ1n) is 12.7. The molecule has 1 fully saturated rings. The number of carbonyl (C=O) groups is 4. The average molecular weight is 537 g/mol. The number of benzene rings is 2. The SMILES string of the molecule is CC(C)(C)OC(=O)N[C@@H](Cc1ccccc1)C(=O)NCC(=O)N1CCC[C@H]1C(=O)NNc1ccc([C]=O)cc1. The summed E-state index contributed by atoms with van der Waals surface area (Å²) in [5, 5.41) is 5.19. The van der Waals surface area contributed by atoms with E-state index in [4.69, 9.17) is 4.74 Å². The average Bonchev–Trinajstić information content (AvgIpc) is 3.40. The Bertz CT molecular complexity index is 1160. The van der Waals surface area contributed by atoms with Crippen LogP contribution in [0.3, 0.4) is 0 Å². The van der Waals surface area contributed by atoms with Gasteiger partial charge in [-0.1, -0.05) is 30.3 Å². The second kappa shape index (κ2) is 13.4. The Morgan fingerprint density at radius 2 is 1.74 bits per heavy atom. The molecule has 1 saturated heterocycles. The van der Waals surface area contributed by atoms with Crippen molar-refractivity contribution in [3.63, 3.8) is 0 Å². The van der Waals surface area contributed by atoms with Gasteiger partial charge in [-0.2, -0.15) is 0 Å². The second-order valence-corrected chi connectivity index (χ2v) is 10.1. The molecule has 2 aromatic rings. The van der Waals surface area contributed by atoms with Crippen LogP contribution in [0.4, 0.5) is 10.5 Å². The Hall–Kier alpha value is -4.41. The number of nitrogens with zero attached hydrogens (tertiary/aromatic N) is 1. The highest BCUT2D eigenvalue weighted by Crippen LogP contribution is 2.18. The zero-order valence-corrected chi connectivity index (χ0v) is 22.3. The highest BCUT2D eigenvalue weighted by atomic mass is 16.6. The molecule has 0 spiro atoms. The zero-order chi connectivity index (χ0) is 28.4. The lowest BCUT2D eigenvalue weighted by Gasteiger charge is -2.25. The fourth-order valence-corrected chi connectivity index (χ4v) is 4.07. The van der Waals surface area contributed by atoms with Gasteiger partial charge >= 0.3 is 6.09 Å². The number of amides is 4. The molecule has 4 N–H and O–H groups in total. The number of anilines is 1. The van der Waals surface area contributed by atoms with E-state index in [2.05, 4.69) is 21.5 Å². The summed E-state index contributed by atoms with van der Waals surface area (Å²) in [5.74, 6) is -1.36. The van der Waals surface area contributed by atoms with Gasteiger partial charge in [-0.15, -0.1) is 0 Å². The summed E-state index contributed by atoms with van der Waals surface area (Å²) in [5.41, 5.74) is 6.37. The van der Waals surface area contributed by atoms with E-state index >= 15 is 0 Å². The van der Waals surface area contributed by atoms with Crippen molar-refractivity contribution in [3.05, 3.63) is 65.7 Å². The maximum Gasteiger partial charge on any atom is 0.408 e. The molecule has 0 unspecified atom stereocenters. The van der Waals surface area contributed by atoms with E-state index in [9.17, 15) is 24.0 Å². The van der Waals surface area contributed by atoms with Gasteiger partial charge in [0.15, 0.2) is 0 Å². The highest BCUT2D eigenvalue weighted by molar-refractivity contribution is 5.92. The number of nitrogens with one attached hydrogen (secondary N) is 4. The van der Waals surface area contributed by atoms with Crippen molar-refractivity contribution in [2.75, 3.05) is 18.5 Å². The third-order valence-electron chi connectivity index (χ3n) is 5.91. The lowest BCUT2D eigenvalue weighted by molar-refractivity contribution is -0.138. The molecule has 11 heteroatoms. The van der Waals surface area contributed by atoms with Crippen LogP contribution in [0.15, 0.2) is 54.6 Å². The molecule has 0 bridgehead atoms. The van der Waals surface area contributed by atoms with E-state index in [1.165, 1.54) is 4.90 Å². The number of carbonyl (C=O) groups excluding carboxylic acids is 5. The monoisotopic (exact) mass is 536 g/mol. The summed E-state index contributed by atoms with van der Waals surface area (Å²) in [4.78, 5) is 63.2. The maximum absolute atomic E-state index is 13.0. The first kappa shape index (κ1) is 29.2. The van der Waals surface area contributed by atoms with E-state index in [-0.39, 0.29) is 13.0 Å². The van der Waals surface area contributed by atoms with Crippen molar-refractivity contribution < 1.29 is 28.7 Å². The molecule has 1 heterocycles. The summed E-state index contributed by atoms with van der Waals surface area (Å²) in [6.45, 7) is 5.20. The van der Waals surface area contributed by atoms with Crippen LogP contribution in [-0.4, -0.2) is 65.8 Å². The predicted molar refractivity (Wildman–Crippen MR) is 144 cm³/mol. The molecule has 1 aliphatic heterocycles. The van der Waals surface area contributed by atoms with Crippen LogP contribution in [0.1, 0.15) is 44.7 Å². The molecule has 2 atom stereocenters. The van der Waals surface area contributed by atoms with Gasteiger partial charge in [0, 0.05) is 18.5 Å². The molecule has 0 aromatic heterocycles. The number of hydrazine groups is 1. The fraction of sp³-hybridized carbons (Fsp3) is 0.393. The number of rotatable bonds is 10. The third kappa shape index (κ3) is 9.13. The minimum Gasteiger partial charge on any atom is -0.444 e. The summed E-state index contributed by atoms with van der Waals surface area (Å²) in [6, 6.07) is 13.8. The smallest absolute Gasteiger partial charge is 0.408 e. The van der Waals surface area contributed by atoms with E-state index in [1.807, 2.05) is 30.3 Å². The van der Waals surface area contributed by atoms with Gasteiger partial charge in [0.1, 0.15) is 17.7 Å². The zero-order valence-electron chi connectivity index (χ0n) is 22.3. The fourth-order valence-electron chi connectivity index (χ4n) is 4.07. The van der Waals surface area contributed by atoms with Gasteiger partial charge in [-0.3, -0.25) is 30.0 Å². The first-order valence-corrected chi connectivity index (χ1v) is 12.7. The van der Waals surface area contributed by atoms with Crippen LogP contribution in [0, 0.1) is 0 Å². The molecule has 39 heavy (non-hydrogen) atoms. The molecule has 1 aliphatic rings. The summed E-state index contributed by atoms with van der Waals surface area (Å²) in [7, 11) is 0. The van der Waals surface area contributed by atoms with Crippen LogP contribution in [0.25, 0.3) is 0 Å². The third-order valence-corrected chi connectivity index (χ3v) is 5.91. The quantitative estimate of drug-likeness (QED) is 0.339. The molecule has 11 nitrogen and oxygen atoms in total. The van der Waals surface area contributed by atoms with Crippen molar-refractivity contribution in [1.82, 2.24) is 21.0 Å².